The molecular weight excluding hydrogens is 224 g/mol. The minimum absolute atomic E-state index is 0.177. The number of anilines is 1. The Morgan fingerprint density at radius 2 is 1.79 bits per heavy atom. The maximum Gasteiger partial charge on any atom is 0.122 e. The highest BCUT2D eigenvalue weighted by Crippen LogP contribution is 2.30. The van der Waals surface area contributed by atoms with Crippen molar-refractivity contribution in [1.29, 1.82) is 0 Å². The Hall–Kier alpha value is -0.470. The molecule has 0 fully saturated rings. The van der Waals surface area contributed by atoms with Crippen molar-refractivity contribution in [3.63, 3.8) is 0 Å². The molecule has 1 aromatic carbocycles. The number of nitrogens with one attached hydrogen (secondary N) is 1. The first kappa shape index (κ1) is 11.6. The average molecular weight is 236 g/mol. The molecule has 0 aliphatic heterocycles. The second-order valence-electron chi connectivity index (χ2n) is 3.67. The lowest BCUT2D eigenvalue weighted by Gasteiger charge is -2.17. The topological polar surface area (TPSA) is 12.0 Å². The predicted molar refractivity (Wildman–Crippen MR) is 60.1 cm³/mol. The van der Waals surface area contributed by atoms with E-state index in [0.717, 1.165) is 0 Å². The van der Waals surface area contributed by atoms with Crippen molar-refractivity contribution in [2.24, 2.45) is 0 Å². The van der Waals surface area contributed by atoms with Crippen LogP contribution < -0.4 is 5.32 Å². The number of hydrogen-bond donors (Lipinski definition) is 1. The van der Waals surface area contributed by atoms with Crippen LogP contribution in [0.1, 0.15) is 13.8 Å². The van der Waals surface area contributed by atoms with Gasteiger partial charge in [0.05, 0.1) is 15.7 Å². The monoisotopic (exact) mass is 235 g/mol. The normalized spacial score (nSPS) is 11.5. The summed E-state index contributed by atoms with van der Waals surface area (Å²) in [5, 5.41) is 3.89. The van der Waals surface area contributed by atoms with Gasteiger partial charge in [-0.2, -0.15) is 0 Å². The summed E-state index contributed by atoms with van der Waals surface area (Å²) in [6.07, 6.45) is 0. The van der Waals surface area contributed by atoms with E-state index < -0.39 is 5.67 Å². The molecule has 0 bridgehead atoms. The summed E-state index contributed by atoms with van der Waals surface area (Å²) in [6.45, 7) is 3.16. The van der Waals surface area contributed by atoms with Gasteiger partial charge in [0.1, 0.15) is 5.67 Å². The highest BCUT2D eigenvalue weighted by Gasteiger charge is 2.16. The minimum Gasteiger partial charge on any atom is -0.379 e. The van der Waals surface area contributed by atoms with Gasteiger partial charge < -0.3 is 5.32 Å². The third-order valence-corrected chi connectivity index (χ3v) is 2.28. The molecule has 0 aliphatic carbocycles. The van der Waals surface area contributed by atoms with Crippen molar-refractivity contribution in [3.05, 3.63) is 28.2 Å². The summed E-state index contributed by atoms with van der Waals surface area (Å²) in [5.41, 5.74) is -0.704. The summed E-state index contributed by atoms with van der Waals surface area (Å²) in [5.74, 6) is 0. The molecule has 0 heterocycles. The quantitative estimate of drug-likeness (QED) is 0.831. The molecule has 4 heteroatoms. The molecule has 78 valence electrons. The lowest BCUT2D eigenvalue weighted by atomic mass is 10.1. The van der Waals surface area contributed by atoms with E-state index in [1.165, 1.54) is 13.8 Å². The van der Waals surface area contributed by atoms with E-state index >= 15 is 0 Å². The molecule has 1 rings (SSSR count). The van der Waals surface area contributed by atoms with Crippen molar-refractivity contribution in [3.8, 4) is 0 Å². The fourth-order valence-electron chi connectivity index (χ4n) is 0.965. The molecule has 0 aromatic heterocycles. The van der Waals surface area contributed by atoms with E-state index in [9.17, 15) is 4.39 Å². The Bertz CT molecular complexity index is 300. The molecule has 0 radical (unpaired) electrons. The largest absolute Gasteiger partial charge is 0.379 e. The second kappa shape index (κ2) is 4.37. The molecule has 0 saturated heterocycles. The van der Waals surface area contributed by atoms with Gasteiger partial charge in [-0.05, 0) is 26.0 Å². The average Bonchev–Trinajstić information content (AvgIpc) is 2.01. The molecule has 1 aromatic rings. The van der Waals surface area contributed by atoms with Crippen molar-refractivity contribution in [1.82, 2.24) is 0 Å². The lowest BCUT2D eigenvalue weighted by molar-refractivity contribution is 0.235. The van der Waals surface area contributed by atoms with E-state index in [2.05, 4.69) is 5.32 Å². The van der Waals surface area contributed by atoms with Crippen molar-refractivity contribution in [2.75, 3.05) is 11.9 Å². The standard InChI is InChI=1S/C10H12Cl2FN/c1-10(2,13)6-14-9-7(11)4-3-5-8(9)12/h3-5,14H,6H2,1-2H3. The Morgan fingerprint density at radius 3 is 2.21 bits per heavy atom. The lowest BCUT2D eigenvalue weighted by Crippen LogP contribution is -2.24. The molecule has 1 N–H and O–H groups in total. The molecule has 0 saturated carbocycles. The van der Waals surface area contributed by atoms with Crippen LogP contribution in [-0.2, 0) is 0 Å². The van der Waals surface area contributed by atoms with E-state index in [1.807, 2.05) is 0 Å². The Balaban J connectivity index is 2.77. The van der Waals surface area contributed by atoms with Crippen molar-refractivity contribution >= 4 is 28.9 Å². The fraction of sp³-hybridized carbons (Fsp3) is 0.400. The van der Waals surface area contributed by atoms with Gasteiger partial charge in [-0.25, -0.2) is 4.39 Å². The van der Waals surface area contributed by atoms with Gasteiger partial charge in [-0.3, -0.25) is 0 Å². The first-order valence-electron chi connectivity index (χ1n) is 4.27. The van der Waals surface area contributed by atoms with Gasteiger partial charge in [-0.1, -0.05) is 29.3 Å². The predicted octanol–water partition coefficient (Wildman–Crippen LogP) is 4.15. The van der Waals surface area contributed by atoms with Gasteiger partial charge in [0, 0.05) is 6.54 Å². The van der Waals surface area contributed by atoms with Gasteiger partial charge >= 0.3 is 0 Å². The van der Waals surface area contributed by atoms with Gasteiger partial charge in [-0.15, -0.1) is 0 Å². The summed E-state index contributed by atoms with van der Waals surface area (Å²) in [7, 11) is 0. The fourth-order valence-corrected chi connectivity index (χ4v) is 1.50. The number of hydrogen-bond acceptors (Lipinski definition) is 1. The van der Waals surface area contributed by atoms with E-state index in [-0.39, 0.29) is 6.54 Å². The highest BCUT2D eigenvalue weighted by atomic mass is 35.5. The van der Waals surface area contributed by atoms with E-state index in [4.69, 9.17) is 23.2 Å². The summed E-state index contributed by atoms with van der Waals surface area (Å²) in [4.78, 5) is 0. The van der Waals surface area contributed by atoms with Crippen LogP contribution in [0.3, 0.4) is 0 Å². The zero-order valence-electron chi connectivity index (χ0n) is 8.07. The molecule has 0 spiro atoms. The summed E-state index contributed by atoms with van der Waals surface area (Å²) < 4.78 is 13.2. The van der Waals surface area contributed by atoms with E-state index in [1.54, 1.807) is 18.2 Å². The molecule has 0 aliphatic rings. The van der Waals surface area contributed by atoms with Crippen LogP contribution >= 0.6 is 23.2 Å². The molecule has 14 heavy (non-hydrogen) atoms. The highest BCUT2D eigenvalue weighted by molar-refractivity contribution is 6.39. The zero-order chi connectivity index (χ0) is 10.8. The van der Waals surface area contributed by atoms with Crippen LogP contribution in [0, 0.1) is 0 Å². The SMILES string of the molecule is CC(C)(F)CNc1c(Cl)cccc1Cl. The van der Waals surface area contributed by atoms with Crippen molar-refractivity contribution in [2.45, 2.75) is 19.5 Å². The molecule has 1 nitrogen and oxygen atoms in total. The van der Waals surface area contributed by atoms with Crippen LogP contribution in [0.15, 0.2) is 18.2 Å². The smallest absolute Gasteiger partial charge is 0.122 e. The van der Waals surface area contributed by atoms with Crippen LogP contribution in [0.5, 0.6) is 0 Å². The maximum absolute atomic E-state index is 13.2. The van der Waals surface area contributed by atoms with E-state index in [0.29, 0.717) is 15.7 Å². The third kappa shape index (κ3) is 3.35. The minimum atomic E-state index is -1.29. The zero-order valence-corrected chi connectivity index (χ0v) is 9.58. The first-order valence-corrected chi connectivity index (χ1v) is 5.02. The maximum atomic E-state index is 13.2. The van der Waals surface area contributed by atoms with Crippen LogP contribution in [-0.4, -0.2) is 12.2 Å². The summed E-state index contributed by atoms with van der Waals surface area (Å²) >= 11 is 11.8. The van der Waals surface area contributed by atoms with Gasteiger partial charge in [0.15, 0.2) is 0 Å². The Morgan fingerprint density at radius 1 is 1.29 bits per heavy atom. The molecular formula is C10H12Cl2FN. The van der Waals surface area contributed by atoms with Crippen LogP contribution in [0.2, 0.25) is 10.0 Å². The van der Waals surface area contributed by atoms with Gasteiger partial charge in [0.25, 0.3) is 0 Å². The molecule has 0 amide bonds. The van der Waals surface area contributed by atoms with Crippen LogP contribution in [0.4, 0.5) is 10.1 Å². The number of benzene rings is 1. The summed E-state index contributed by atoms with van der Waals surface area (Å²) in [6, 6.07) is 5.17. The second-order valence-corrected chi connectivity index (χ2v) is 4.48. The Kier molecular flexibility index (Phi) is 3.62. The first-order chi connectivity index (χ1) is 6.40. The number of alkyl halides is 1. The molecule has 0 unspecified atom stereocenters. The Labute approximate surface area is 93.2 Å². The van der Waals surface area contributed by atoms with Gasteiger partial charge in [0.2, 0.25) is 0 Å². The number of rotatable bonds is 3. The van der Waals surface area contributed by atoms with Crippen molar-refractivity contribution < 1.29 is 4.39 Å². The van der Waals surface area contributed by atoms with Crippen LogP contribution in [0.25, 0.3) is 0 Å². The third-order valence-electron chi connectivity index (χ3n) is 1.65. The number of halogens is 3. The number of para-hydroxylation sites is 1. The molecule has 0 atom stereocenters.